The summed E-state index contributed by atoms with van der Waals surface area (Å²) in [5, 5.41) is 0. The van der Waals surface area contributed by atoms with Gasteiger partial charge in [0, 0.05) is 6.42 Å². The van der Waals surface area contributed by atoms with Crippen LogP contribution in [0.15, 0.2) is 0 Å². The topological polar surface area (TPSA) is 35.5 Å². The summed E-state index contributed by atoms with van der Waals surface area (Å²) in [5.74, 6) is -0.0728. The molecule has 0 aromatic rings. The molecule has 0 atom stereocenters. The van der Waals surface area contributed by atoms with Crippen LogP contribution in [0.25, 0.3) is 0 Å². The van der Waals surface area contributed by atoms with Crippen LogP contribution in [0.4, 0.5) is 0 Å². The van der Waals surface area contributed by atoms with Crippen molar-refractivity contribution in [1.82, 2.24) is 0 Å². The molecular formula is C8H22O3Si3. The molecule has 0 aliphatic heterocycles. The molecule has 0 heterocycles. The summed E-state index contributed by atoms with van der Waals surface area (Å²) >= 11 is 0. The third-order valence-electron chi connectivity index (χ3n) is 1.74. The second kappa shape index (κ2) is 5.24. The summed E-state index contributed by atoms with van der Waals surface area (Å²) in [4.78, 5) is 11.0. The lowest BCUT2D eigenvalue weighted by molar-refractivity contribution is -0.133. The number of hydrogen-bond acceptors (Lipinski definition) is 3. The summed E-state index contributed by atoms with van der Waals surface area (Å²) in [6.07, 6.45) is 0.521. The van der Waals surface area contributed by atoms with E-state index in [0.717, 1.165) is 6.04 Å². The lowest BCUT2D eigenvalue weighted by Crippen LogP contribution is -2.42. The number of hydrogen-bond donors (Lipinski definition) is 0. The molecule has 84 valence electrons. The zero-order valence-electron chi connectivity index (χ0n) is 10.1. The molecular weight excluding hydrogens is 228 g/mol. The van der Waals surface area contributed by atoms with Crippen molar-refractivity contribution in [2.24, 2.45) is 0 Å². The maximum absolute atomic E-state index is 11.0. The van der Waals surface area contributed by atoms with E-state index in [1.807, 2.05) is 0 Å². The fourth-order valence-electron chi connectivity index (χ4n) is 1.39. The zero-order valence-corrected chi connectivity index (χ0v) is 14.1. The normalized spacial score (nSPS) is 12.9. The molecule has 0 aliphatic rings. The highest BCUT2D eigenvalue weighted by Gasteiger charge is 2.29. The SMILES string of the molecule is C[Si](C)(C)O[Si](C)(C)CCC(=O)O[SiH3]. The van der Waals surface area contributed by atoms with Gasteiger partial charge in [-0.05, 0) is 38.8 Å². The minimum atomic E-state index is -1.64. The van der Waals surface area contributed by atoms with Crippen molar-refractivity contribution in [2.75, 3.05) is 0 Å². The van der Waals surface area contributed by atoms with Crippen molar-refractivity contribution in [3.63, 3.8) is 0 Å². The summed E-state index contributed by atoms with van der Waals surface area (Å²) in [6.45, 7) is 10.9. The van der Waals surface area contributed by atoms with Gasteiger partial charge in [-0.2, -0.15) is 0 Å². The van der Waals surface area contributed by atoms with E-state index in [4.69, 9.17) is 8.54 Å². The standard InChI is InChI=1S/C8H22O3Si3/c1-13(2,3)11-14(4,5)7-6-8(9)10-12/h6-7H2,1-5,12H3. The van der Waals surface area contributed by atoms with Crippen molar-refractivity contribution >= 4 is 33.1 Å². The van der Waals surface area contributed by atoms with Gasteiger partial charge in [0.05, 0.1) is 0 Å². The van der Waals surface area contributed by atoms with Crippen LogP contribution < -0.4 is 0 Å². The van der Waals surface area contributed by atoms with Gasteiger partial charge in [0.25, 0.3) is 5.97 Å². The van der Waals surface area contributed by atoms with Gasteiger partial charge >= 0.3 is 0 Å². The first-order chi connectivity index (χ1) is 6.16. The highest BCUT2D eigenvalue weighted by Crippen LogP contribution is 2.19. The predicted molar refractivity (Wildman–Crippen MR) is 67.4 cm³/mol. The Kier molecular flexibility index (Phi) is 5.27. The average Bonchev–Trinajstić information content (AvgIpc) is 1.96. The molecule has 0 bridgehead atoms. The molecule has 0 rings (SSSR count). The molecule has 0 aromatic carbocycles. The van der Waals surface area contributed by atoms with Gasteiger partial charge in [-0.1, -0.05) is 0 Å². The van der Waals surface area contributed by atoms with E-state index < -0.39 is 16.6 Å². The predicted octanol–water partition coefficient (Wildman–Crippen LogP) is 1.26. The Labute approximate surface area is 92.0 Å². The summed E-state index contributed by atoms with van der Waals surface area (Å²) in [7, 11) is -2.60. The van der Waals surface area contributed by atoms with Crippen LogP contribution in [0.5, 0.6) is 0 Å². The lowest BCUT2D eigenvalue weighted by atomic mass is 10.5. The molecule has 0 fully saturated rings. The minimum Gasteiger partial charge on any atom is -0.529 e. The third kappa shape index (κ3) is 7.48. The highest BCUT2D eigenvalue weighted by molar-refractivity contribution is 6.84. The lowest BCUT2D eigenvalue weighted by Gasteiger charge is -2.31. The van der Waals surface area contributed by atoms with Crippen LogP contribution in [0.3, 0.4) is 0 Å². The van der Waals surface area contributed by atoms with Crippen molar-refractivity contribution < 1.29 is 13.3 Å². The molecule has 0 radical (unpaired) electrons. The Balaban J connectivity index is 4.01. The molecule has 0 spiro atoms. The van der Waals surface area contributed by atoms with Gasteiger partial charge in [0.2, 0.25) is 10.5 Å². The molecule has 0 saturated heterocycles. The summed E-state index contributed by atoms with van der Waals surface area (Å²) < 4.78 is 10.9. The second-order valence-electron chi connectivity index (χ2n) is 5.05. The van der Waals surface area contributed by atoms with Crippen molar-refractivity contribution in [1.29, 1.82) is 0 Å². The first-order valence-electron chi connectivity index (χ1n) is 4.93. The Morgan fingerprint density at radius 2 is 1.71 bits per heavy atom. The Morgan fingerprint density at radius 3 is 2.07 bits per heavy atom. The molecule has 0 aromatic heterocycles. The Bertz CT molecular complexity index is 198. The fraction of sp³-hybridized carbons (Fsp3) is 0.875. The van der Waals surface area contributed by atoms with E-state index in [1.165, 1.54) is 0 Å². The van der Waals surface area contributed by atoms with E-state index in [1.54, 1.807) is 0 Å². The number of rotatable bonds is 5. The molecule has 0 saturated carbocycles. The van der Waals surface area contributed by atoms with E-state index >= 15 is 0 Å². The average molecular weight is 251 g/mol. The van der Waals surface area contributed by atoms with E-state index in [0.29, 0.717) is 16.9 Å². The molecule has 6 heteroatoms. The van der Waals surface area contributed by atoms with Gasteiger partial charge in [-0.25, -0.2) is 0 Å². The summed E-state index contributed by atoms with van der Waals surface area (Å²) in [6, 6.07) is 0.873. The monoisotopic (exact) mass is 250 g/mol. The first-order valence-corrected chi connectivity index (χ1v) is 12.3. The molecule has 0 N–H and O–H groups in total. The van der Waals surface area contributed by atoms with Gasteiger partial charge in [0.1, 0.15) is 0 Å². The van der Waals surface area contributed by atoms with Crippen molar-refractivity contribution in [3.8, 4) is 0 Å². The van der Waals surface area contributed by atoms with Gasteiger partial charge in [-0.3, -0.25) is 4.79 Å². The smallest absolute Gasteiger partial charge is 0.291 e. The van der Waals surface area contributed by atoms with E-state index in [2.05, 4.69) is 32.7 Å². The summed E-state index contributed by atoms with van der Waals surface area (Å²) in [5.41, 5.74) is 0. The van der Waals surface area contributed by atoms with Crippen LogP contribution in [-0.2, 0) is 13.3 Å². The first kappa shape index (κ1) is 14.1. The quantitative estimate of drug-likeness (QED) is 0.689. The Hall–Kier alpha value is 0.0806. The number of carbonyl (C=O) groups excluding carboxylic acids is 1. The van der Waals surface area contributed by atoms with Gasteiger partial charge in [-0.15, -0.1) is 0 Å². The molecule has 0 unspecified atom stereocenters. The molecule has 0 aliphatic carbocycles. The van der Waals surface area contributed by atoms with Crippen molar-refractivity contribution in [3.05, 3.63) is 0 Å². The van der Waals surface area contributed by atoms with Gasteiger partial charge in [0.15, 0.2) is 16.6 Å². The maximum Gasteiger partial charge on any atom is 0.291 e. The van der Waals surface area contributed by atoms with Crippen LogP contribution in [0.2, 0.25) is 38.8 Å². The molecule has 14 heavy (non-hydrogen) atoms. The van der Waals surface area contributed by atoms with E-state index in [-0.39, 0.29) is 5.97 Å². The van der Waals surface area contributed by atoms with Crippen LogP contribution in [0.1, 0.15) is 6.42 Å². The zero-order chi connectivity index (χ0) is 11.4. The van der Waals surface area contributed by atoms with Gasteiger partial charge < -0.3 is 8.54 Å². The molecule has 3 nitrogen and oxygen atoms in total. The van der Waals surface area contributed by atoms with E-state index in [9.17, 15) is 4.79 Å². The third-order valence-corrected chi connectivity index (χ3v) is 8.31. The second-order valence-corrected chi connectivity index (χ2v) is 14.5. The largest absolute Gasteiger partial charge is 0.529 e. The number of carbonyl (C=O) groups is 1. The molecule has 0 amide bonds. The van der Waals surface area contributed by atoms with Crippen LogP contribution in [-0.4, -0.2) is 33.1 Å². The minimum absolute atomic E-state index is 0.0728. The fourth-order valence-corrected chi connectivity index (χ4v) is 9.43. The van der Waals surface area contributed by atoms with Crippen molar-refractivity contribution in [2.45, 2.75) is 45.2 Å². The van der Waals surface area contributed by atoms with Crippen LogP contribution in [0, 0.1) is 0 Å². The maximum atomic E-state index is 11.0. The van der Waals surface area contributed by atoms with Crippen LogP contribution >= 0.6 is 0 Å². The highest BCUT2D eigenvalue weighted by atomic mass is 28.4. The Morgan fingerprint density at radius 1 is 1.21 bits per heavy atom.